The van der Waals surface area contributed by atoms with Gasteiger partial charge >= 0.3 is 0 Å². The van der Waals surface area contributed by atoms with E-state index in [4.69, 9.17) is 4.42 Å². The number of nitrogens with zero attached hydrogens (tertiary/aromatic N) is 1. The average Bonchev–Trinajstić information content (AvgIpc) is 3.11. The zero-order valence-electron chi connectivity index (χ0n) is 12.1. The molecule has 0 aliphatic heterocycles. The summed E-state index contributed by atoms with van der Waals surface area (Å²) in [5.41, 5.74) is 2.96. The zero-order chi connectivity index (χ0) is 14.2. The number of aryl methyl sites for hydroxylation is 1. The van der Waals surface area contributed by atoms with Crippen LogP contribution in [0.1, 0.15) is 41.3 Å². The molecule has 1 fully saturated rings. The summed E-state index contributed by atoms with van der Waals surface area (Å²) in [6.07, 6.45) is 3.55. The molecule has 0 radical (unpaired) electrons. The molecule has 3 nitrogen and oxygen atoms in total. The Balaban J connectivity index is 1.50. The minimum atomic E-state index is 0.562. The molecule has 2 heterocycles. The third-order valence-electron chi connectivity index (χ3n) is 3.86. The summed E-state index contributed by atoms with van der Waals surface area (Å²) < 4.78 is 5.79. The van der Waals surface area contributed by atoms with E-state index in [1.807, 2.05) is 17.4 Å². The first-order valence-corrected chi connectivity index (χ1v) is 8.35. The van der Waals surface area contributed by atoms with Gasteiger partial charge in [0.1, 0.15) is 5.52 Å². The monoisotopic (exact) mass is 298 g/mol. The molecule has 0 amide bonds. The number of thiophene rings is 1. The molecule has 108 valence electrons. The van der Waals surface area contributed by atoms with Crippen molar-refractivity contribution >= 4 is 28.1 Å². The Morgan fingerprint density at radius 3 is 2.86 bits per heavy atom. The molecule has 1 N–H and O–H groups in total. The van der Waals surface area contributed by atoms with Crippen LogP contribution in [0.2, 0.25) is 0 Å². The van der Waals surface area contributed by atoms with Gasteiger partial charge in [0.05, 0.1) is 0 Å². The summed E-state index contributed by atoms with van der Waals surface area (Å²) in [6, 6.07) is 10.6. The summed E-state index contributed by atoms with van der Waals surface area (Å²) >= 11 is 1.88. The van der Waals surface area contributed by atoms with Crippen molar-refractivity contribution in [2.45, 2.75) is 38.6 Å². The van der Waals surface area contributed by atoms with Gasteiger partial charge in [0, 0.05) is 27.9 Å². The Kier molecular flexibility index (Phi) is 3.19. The van der Waals surface area contributed by atoms with Gasteiger partial charge in [-0.25, -0.2) is 4.98 Å². The SMILES string of the molecule is CCc1ccc(CNc2ccc3oc(C4CC4)nc3c2)s1. The maximum atomic E-state index is 5.79. The summed E-state index contributed by atoms with van der Waals surface area (Å²) in [5, 5.41) is 3.47. The first-order valence-electron chi connectivity index (χ1n) is 7.54. The maximum absolute atomic E-state index is 5.79. The van der Waals surface area contributed by atoms with Gasteiger partial charge < -0.3 is 9.73 Å². The van der Waals surface area contributed by atoms with Crippen LogP contribution in [-0.4, -0.2) is 4.98 Å². The minimum absolute atomic E-state index is 0.562. The highest BCUT2D eigenvalue weighted by Gasteiger charge is 2.28. The van der Waals surface area contributed by atoms with Crippen LogP contribution in [0.15, 0.2) is 34.7 Å². The number of hydrogen-bond donors (Lipinski definition) is 1. The minimum Gasteiger partial charge on any atom is -0.440 e. The summed E-state index contributed by atoms with van der Waals surface area (Å²) in [4.78, 5) is 7.41. The molecule has 4 heteroatoms. The molecule has 0 unspecified atom stereocenters. The zero-order valence-corrected chi connectivity index (χ0v) is 12.9. The van der Waals surface area contributed by atoms with Crippen molar-refractivity contribution in [2.75, 3.05) is 5.32 Å². The molecule has 0 saturated heterocycles. The van der Waals surface area contributed by atoms with Crippen LogP contribution in [0.5, 0.6) is 0 Å². The lowest BCUT2D eigenvalue weighted by atomic mass is 10.3. The van der Waals surface area contributed by atoms with Gasteiger partial charge in [0.2, 0.25) is 0 Å². The number of nitrogens with one attached hydrogen (secondary N) is 1. The molecule has 1 saturated carbocycles. The van der Waals surface area contributed by atoms with Crippen LogP contribution in [-0.2, 0) is 13.0 Å². The van der Waals surface area contributed by atoms with E-state index < -0.39 is 0 Å². The van der Waals surface area contributed by atoms with E-state index in [1.165, 1.54) is 22.6 Å². The van der Waals surface area contributed by atoms with Crippen molar-refractivity contribution < 1.29 is 4.42 Å². The first-order chi connectivity index (χ1) is 10.3. The number of rotatable bonds is 5. The van der Waals surface area contributed by atoms with E-state index in [0.29, 0.717) is 5.92 Å². The molecule has 1 aromatic carbocycles. The van der Waals surface area contributed by atoms with Crippen LogP contribution in [0, 0.1) is 0 Å². The fourth-order valence-corrected chi connectivity index (χ4v) is 3.35. The topological polar surface area (TPSA) is 38.1 Å². The van der Waals surface area contributed by atoms with Crippen LogP contribution in [0.3, 0.4) is 0 Å². The van der Waals surface area contributed by atoms with Crippen molar-refractivity contribution in [2.24, 2.45) is 0 Å². The van der Waals surface area contributed by atoms with Crippen molar-refractivity contribution in [3.63, 3.8) is 0 Å². The number of fused-ring (bicyclic) bond motifs is 1. The van der Waals surface area contributed by atoms with Gasteiger partial charge in [-0.15, -0.1) is 11.3 Å². The maximum Gasteiger partial charge on any atom is 0.198 e. The second-order valence-corrected chi connectivity index (χ2v) is 6.84. The fourth-order valence-electron chi connectivity index (χ4n) is 2.46. The van der Waals surface area contributed by atoms with Gasteiger partial charge in [0.15, 0.2) is 11.5 Å². The molecule has 21 heavy (non-hydrogen) atoms. The van der Waals surface area contributed by atoms with Gasteiger partial charge in [-0.05, 0) is 49.6 Å². The third kappa shape index (κ3) is 2.68. The molecule has 1 aliphatic carbocycles. The van der Waals surface area contributed by atoms with Crippen molar-refractivity contribution in [1.82, 2.24) is 4.98 Å². The second kappa shape index (κ2) is 5.19. The Bertz CT molecular complexity index is 770. The average molecular weight is 298 g/mol. The highest BCUT2D eigenvalue weighted by Crippen LogP contribution is 2.40. The molecule has 2 aromatic heterocycles. The van der Waals surface area contributed by atoms with Gasteiger partial charge in [-0.1, -0.05) is 6.92 Å². The van der Waals surface area contributed by atoms with Gasteiger partial charge in [-0.2, -0.15) is 0 Å². The van der Waals surface area contributed by atoms with Gasteiger partial charge in [-0.3, -0.25) is 0 Å². The van der Waals surface area contributed by atoms with E-state index >= 15 is 0 Å². The first kappa shape index (κ1) is 12.9. The number of anilines is 1. The van der Waals surface area contributed by atoms with Crippen LogP contribution < -0.4 is 5.32 Å². The normalized spacial score (nSPS) is 14.7. The highest BCUT2D eigenvalue weighted by atomic mass is 32.1. The summed E-state index contributed by atoms with van der Waals surface area (Å²) in [6.45, 7) is 3.06. The van der Waals surface area contributed by atoms with Crippen LogP contribution in [0.4, 0.5) is 5.69 Å². The quantitative estimate of drug-likeness (QED) is 0.725. The molecule has 1 aliphatic rings. The van der Waals surface area contributed by atoms with Crippen LogP contribution in [0.25, 0.3) is 11.1 Å². The number of benzene rings is 1. The lowest BCUT2D eigenvalue weighted by molar-refractivity contribution is 0.533. The van der Waals surface area contributed by atoms with E-state index in [0.717, 1.165) is 35.6 Å². The third-order valence-corrected chi connectivity index (χ3v) is 5.09. The van der Waals surface area contributed by atoms with Crippen LogP contribution >= 0.6 is 11.3 Å². The Labute approximate surface area is 128 Å². The number of aromatic nitrogens is 1. The molecular formula is C17H18N2OS. The number of hydrogen-bond acceptors (Lipinski definition) is 4. The summed E-state index contributed by atoms with van der Waals surface area (Å²) in [7, 11) is 0. The lowest BCUT2D eigenvalue weighted by Crippen LogP contribution is -1.96. The molecular weight excluding hydrogens is 280 g/mol. The van der Waals surface area contributed by atoms with E-state index in [-0.39, 0.29) is 0 Å². The Hall–Kier alpha value is -1.81. The molecule has 3 aromatic rings. The van der Waals surface area contributed by atoms with E-state index in [9.17, 15) is 0 Å². The molecule has 0 atom stereocenters. The van der Waals surface area contributed by atoms with E-state index in [2.05, 4.69) is 41.5 Å². The van der Waals surface area contributed by atoms with E-state index in [1.54, 1.807) is 0 Å². The highest BCUT2D eigenvalue weighted by molar-refractivity contribution is 7.12. The van der Waals surface area contributed by atoms with Crippen molar-refractivity contribution in [3.05, 3.63) is 46.0 Å². The second-order valence-electron chi connectivity index (χ2n) is 5.58. The molecule has 0 spiro atoms. The molecule has 4 rings (SSSR count). The predicted molar refractivity (Wildman–Crippen MR) is 87.0 cm³/mol. The van der Waals surface area contributed by atoms with Gasteiger partial charge in [0.25, 0.3) is 0 Å². The Morgan fingerprint density at radius 2 is 2.10 bits per heavy atom. The molecule has 0 bridgehead atoms. The number of oxazole rings is 1. The van der Waals surface area contributed by atoms with Crippen molar-refractivity contribution in [1.29, 1.82) is 0 Å². The standard InChI is InChI=1S/C17H18N2OS/c1-2-13-6-7-14(21-13)10-18-12-5-8-16-15(9-12)19-17(20-16)11-3-4-11/h5-9,11,18H,2-4,10H2,1H3. The summed E-state index contributed by atoms with van der Waals surface area (Å²) in [5.74, 6) is 1.47. The predicted octanol–water partition coefficient (Wildman–Crippen LogP) is 4.94. The Morgan fingerprint density at radius 1 is 1.24 bits per heavy atom. The lowest BCUT2D eigenvalue weighted by Gasteiger charge is -2.03. The fraction of sp³-hybridized carbons (Fsp3) is 0.353. The smallest absolute Gasteiger partial charge is 0.198 e. The van der Waals surface area contributed by atoms with Crippen molar-refractivity contribution in [3.8, 4) is 0 Å². The largest absolute Gasteiger partial charge is 0.440 e.